The second-order valence-electron chi connectivity index (χ2n) is 37.8. The van der Waals surface area contributed by atoms with E-state index in [9.17, 15) is 0 Å². The van der Waals surface area contributed by atoms with Crippen molar-refractivity contribution in [3.8, 4) is 79.0 Å². The fraction of sp³-hybridized carbons (Fsp3) is 0.0226. The molecule has 2 unspecified atom stereocenters. The van der Waals surface area contributed by atoms with Crippen LogP contribution in [0, 0.1) is 0 Å². The Labute approximate surface area is 803 Å². The zero-order chi connectivity index (χ0) is 90.9. The van der Waals surface area contributed by atoms with Gasteiger partial charge in [0, 0.05) is 67.2 Å². The summed E-state index contributed by atoms with van der Waals surface area (Å²) in [5.41, 5.74) is 29.7. The summed E-state index contributed by atoms with van der Waals surface area (Å²) in [5, 5.41) is 16.9. The Balaban J connectivity index is 0.571. The van der Waals surface area contributed by atoms with Gasteiger partial charge in [-0.25, -0.2) is 0 Å². The zero-order valence-electron chi connectivity index (χ0n) is 75.3. The lowest BCUT2D eigenvalue weighted by Crippen LogP contribution is -2.33. The highest BCUT2D eigenvalue weighted by Gasteiger charge is 2.55. The SMILES string of the molecule is c1ccc(-c2ccc(N(c3ccc(-c4ccccc4)cc3)c3cccc4c3Oc3ccccc3C43c4cccc5ccc6c(-c7cc(N(c8ccccc8)c8cccc9c8Oc8ccccc8C98c9cccc%10cc(-c%11cccc(N(c%12ccccc%12)c%12cccc%13c%12Oc%12ccccc%12C%13%12c%13cccc%14ccc%15cccc%12c%15c%13%14)c%11)c%11cccc8c%11c9%10)c8ccccc8c7)ccc3c6c45)cc2)cc1. The van der Waals surface area contributed by atoms with Crippen molar-refractivity contribution in [2.75, 3.05) is 14.7 Å². The van der Waals surface area contributed by atoms with Crippen LogP contribution >= 0.6 is 0 Å². The summed E-state index contributed by atoms with van der Waals surface area (Å²) in [6, 6.07) is 182. The highest BCUT2D eigenvalue weighted by molar-refractivity contribution is 6.24. The standard InChI is InChI=1S/C133H81N3O3/c1-5-30-82(31-6-1)84-66-71-95(72-67-84)134(96-73-68-85(69-74-96)83-32-7-2-8-33-83)115-58-27-56-113-128(115)137-121-63-20-17-49-105(121)133(113)108-52-24-37-88-70-75-101-98(76-77-111(133)127(101)124(88)108)92-78-89-34-13-14-45-99(89)118(81-92)136(94-42-11-4-12-43-94)117-60-29-57-114-130(117)139-120-62-19-16-48-104(120)132(114)109-53-25-39-91-80-102(100-46-26-54-110(132)126(100)125(91)109)90-38-21-44-97(79-90)135(93-40-9-3-10-41-93)116-59-28-55-112-129(116)138-119-61-18-15-47-103(119)131(112)106-50-22-35-86-64-65-87-36-23-51-107(131)123(87)122(86)106/h1-81H. The summed E-state index contributed by atoms with van der Waals surface area (Å²) in [6.45, 7) is 0. The molecular weight excluding hydrogens is 1690 g/mol. The van der Waals surface area contributed by atoms with Crippen LogP contribution in [0.2, 0.25) is 0 Å². The van der Waals surface area contributed by atoms with E-state index in [4.69, 9.17) is 14.2 Å². The van der Waals surface area contributed by atoms with Crippen molar-refractivity contribution in [2.45, 2.75) is 16.2 Å². The number of para-hydroxylation sites is 8. The fourth-order valence-corrected chi connectivity index (χ4v) is 25.6. The van der Waals surface area contributed by atoms with Gasteiger partial charge in [0.1, 0.15) is 17.2 Å². The lowest BCUT2D eigenvalue weighted by Gasteiger charge is -2.41. The van der Waals surface area contributed by atoms with Crippen LogP contribution in [-0.4, -0.2) is 0 Å². The van der Waals surface area contributed by atoms with Crippen LogP contribution in [0.25, 0.3) is 120 Å². The second-order valence-corrected chi connectivity index (χ2v) is 37.8. The molecule has 6 heteroatoms. The zero-order valence-corrected chi connectivity index (χ0v) is 75.3. The van der Waals surface area contributed by atoms with Crippen LogP contribution in [0.5, 0.6) is 34.5 Å². The molecule has 30 rings (SSSR count). The molecule has 0 N–H and O–H groups in total. The Morgan fingerprint density at radius 2 is 0.475 bits per heavy atom. The van der Waals surface area contributed by atoms with Gasteiger partial charge in [-0.2, -0.15) is 0 Å². The van der Waals surface area contributed by atoms with Crippen molar-refractivity contribution in [3.05, 3.63) is 558 Å². The van der Waals surface area contributed by atoms with Crippen molar-refractivity contribution >= 4 is 127 Å². The summed E-state index contributed by atoms with van der Waals surface area (Å²) in [5.74, 6) is 4.91. The molecule has 0 amide bonds. The lowest BCUT2D eigenvalue weighted by molar-refractivity contribution is 0.437. The van der Waals surface area contributed by atoms with Crippen molar-refractivity contribution < 1.29 is 14.2 Å². The Hall–Kier alpha value is -18.1. The topological polar surface area (TPSA) is 37.4 Å². The molecule has 0 aromatic heterocycles. The van der Waals surface area contributed by atoms with Gasteiger partial charge in [-0.05, 0) is 263 Å². The molecule has 646 valence electrons. The Bertz CT molecular complexity index is 9240. The summed E-state index contributed by atoms with van der Waals surface area (Å²) in [6.07, 6.45) is 0. The molecule has 24 aromatic carbocycles. The maximum Gasteiger partial charge on any atom is 0.156 e. The maximum atomic E-state index is 7.82. The summed E-state index contributed by atoms with van der Waals surface area (Å²) in [4.78, 5) is 7.28. The van der Waals surface area contributed by atoms with Crippen molar-refractivity contribution in [3.63, 3.8) is 0 Å². The Kier molecular flexibility index (Phi) is 16.4. The van der Waals surface area contributed by atoms with E-state index in [1.54, 1.807) is 0 Å². The van der Waals surface area contributed by atoms with Crippen LogP contribution in [0.4, 0.5) is 51.2 Å². The van der Waals surface area contributed by atoms with E-state index in [1.807, 2.05) is 0 Å². The third-order valence-electron chi connectivity index (χ3n) is 31.1. The minimum absolute atomic E-state index is 0.664. The number of rotatable bonds is 13. The first-order valence-electron chi connectivity index (χ1n) is 48.1. The van der Waals surface area contributed by atoms with E-state index in [-0.39, 0.29) is 0 Å². The average Bonchev–Trinajstić information content (AvgIpc) is 1.48. The van der Waals surface area contributed by atoms with E-state index in [0.717, 1.165) is 163 Å². The quantitative estimate of drug-likeness (QED) is 0.107. The van der Waals surface area contributed by atoms with Gasteiger partial charge in [0.2, 0.25) is 0 Å². The number of nitrogens with zero attached hydrogens (tertiary/aromatic N) is 3. The highest BCUT2D eigenvalue weighted by Crippen LogP contribution is 2.70. The van der Waals surface area contributed by atoms with Gasteiger partial charge in [-0.3, -0.25) is 0 Å². The predicted octanol–water partition coefficient (Wildman–Crippen LogP) is 35.2. The minimum Gasteiger partial charge on any atom is -0.454 e. The summed E-state index contributed by atoms with van der Waals surface area (Å²) < 4.78 is 22.9. The maximum absolute atomic E-state index is 7.82. The lowest BCUT2D eigenvalue weighted by atomic mass is 9.65. The van der Waals surface area contributed by atoms with Crippen LogP contribution < -0.4 is 28.9 Å². The van der Waals surface area contributed by atoms with Crippen LogP contribution in [0.1, 0.15) is 66.8 Å². The van der Waals surface area contributed by atoms with Crippen LogP contribution in [-0.2, 0) is 16.2 Å². The number of benzene rings is 24. The number of ether oxygens (including phenoxy) is 3. The first kappa shape index (κ1) is 77.4. The van der Waals surface area contributed by atoms with Crippen LogP contribution in [0.15, 0.2) is 491 Å². The largest absolute Gasteiger partial charge is 0.454 e. The van der Waals surface area contributed by atoms with Gasteiger partial charge in [-0.15, -0.1) is 0 Å². The smallest absolute Gasteiger partial charge is 0.156 e. The molecule has 0 bridgehead atoms. The Morgan fingerprint density at radius 1 is 0.151 bits per heavy atom. The molecule has 0 saturated carbocycles. The Morgan fingerprint density at radius 3 is 0.986 bits per heavy atom. The molecule has 0 radical (unpaired) electrons. The monoisotopic (exact) mass is 1770 g/mol. The van der Waals surface area contributed by atoms with E-state index in [0.29, 0.717) is 0 Å². The van der Waals surface area contributed by atoms with Gasteiger partial charge in [0.25, 0.3) is 0 Å². The summed E-state index contributed by atoms with van der Waals surface area (Å²) in [7, 11) is 0. The van der Waals surface area contributed by atoms with Crippen LogP contribution in [0.3, 0.4) is 0 Å². The van der Waals surface area contributed by atoms with E-state index < -0.39 is 16.2 Å². The molecule has 2 atom stereocenters. The van der Waals surface area contributed by atoms with Gasteiger partial charge in [0.15, 0.2) is 17.2 Å². The van der Waals surface area contributed by atoms with Crippen molar-refractivity contribution in [2.24, 2.45) is 0 Å². The fourth-order valence-electron chi connectivity index (χ4n) is 25.6. The van der Waals surface area contributed by atoms with Gasteiger partial charge in [0.05, 0.1) is 39.0 Å². The third-order valence-corrected chi connectivity index (χ3v) is 31.1. The molecule has 3 spiro atoms. The molecule has 0 saturated heterocycles. The highest BCUT2D eigenvalue weighted by atomic mass is 16.5. The average molecular weight is 1770 g/mol. The molecule has 0 fully saturated rings. The normalized spacial score (nSPS) is 15.2. The molecule has 3 aliphatic carbocycles. The van der Waals surface area contributed by atoms with E-state index >= 15 is 0 Å². The second kappa shape index (κ2) is 29.5. The van der Waals surface area contributed by atoms with Crippen molar-refractivity contribution in [1.29, 1.82) is 0 Å². The molecular formula is C133H81N3O3. The summed E-state index contributed by atoms with van der Waals surface area (Å²) >= 11 is 0. The molecule has 3 heterocycles. The molecule has 139 heavy (non-hydrogen) atoms. The number of anilines is 9. The minimum atomic E-state index is -0.846. The predicted molar refractivity (Wildman–Crippen MR) is 571 cm³/mol. The number of hydrogen-bond acceptors (Lipinski definition) is 6. The van der Waals surface area contributed by atoms with E-state index in [2.05, 4.69) is 506 Å². The van der Waals surface area contributed by atoms with Gasteiger partial charge in [-0.1, -0.05) is 376 Å². The molecule has 6 nitrogen and oxygen atoms in total. The van der Waals surface area contributed by atoms with Crippen molar-refractivity contribution in [1.82, 2.24) is 0 Å². The first-order chi connectivity index (χ1) is 68.9. The van der Waals surface area contributed by atoms with Gasteiger partial charge >= 0.3 is 0 Å². The molecule has 24 aromatic rings. The molecule has 6 aliphatic rings. The van der Waals surface area contributed by atoms with E-state index in [1.165, 1.54) is 109 Å². The third kappa shape index (κ3) is 10.7. The first-order valence-corrected chi connectivity index (χ1v) is 48.1. The molecule has 3 aliphatic heterocycles. The number of fused-ring (bicyclic) bond motifs is 19. The van der Waals surface area contributed by atoms with Gasteiger partial charge < -0.3 is 28.9 Å². The number of hydrogen-bond donors (Lipinski definition) is 0.